The summed E-state index contributed by atoms with van der Waals surface area (Å²) in [5, 5.41) is 4.60. The molecule has 1 heterocycles. The molecule has 6 nitrogen and oxygen atoms in total. The van der Waals surface area contributed by atoms with Gasteiger partial charge in [-0.25, -0.2) is 4.98 Å². The van der Waals surface area contributed by atoms with E-state index in [0.717, 1.165) is 16.3 Å². The van der Waals surface area contributed by atoms with Gasteiger partial charge in [0.15, 0.2) is 11.5 Å². The highest BCUT2D eigenvalue weighted by atomic mass is 16.5. The van der Waals surface area contributed by atoms with E-state index >= 15 is 0 Å². The van der Waals surface area contributed by atoms with E-state index in [1.807, 2.05) is 30.3 Å². The van der Waals surface area contributed by atoms with Crippen LogP contribution in [0.25, 0.3) is 10.8 Å². The number of methoxy groups -OCH3 is 2. The third kappa shape index (κ3) is 4.15. The number of aromatic nitrogens is 1. The number of rotatable bonds is 7. The maximum absolute atomic E-state index is 12.6. The normalized spacial score (nSPS) is 10.2. The van der Waals surface area contributed by atoms with Crippen LogP contribution in [0.15, 0.2) is 48.5 Å². The van der Waals surface area contributed by atoms with Crippen molar-refractivity contribution in [2.75, 3.05) is 20.8 Å². The van der Waals surface area contributed by atoms with Crippen LogP contribution >= 0.6 is 0 Å². The Bertz CT molecular complexity index is 1040. The zero-order valence-electron chi connectivity index (χ0n) is 15.7. The van der Waals surface area contributed by atoms with Gasteiger partial charge in [-0.3, -0.25) is 4.79 Å². The molecular formula is C22H20N2O4. The molecule has 3 aromatic rings. The number of carbonyl (C=O) groups excluding carboxylic acids is 1. The molecule has 142 valence electrons. The quantitative estimate of drug-likeness (QED) is 0.642. The lowest BCUT2D eigenvalue weighted by atomic mass is 10.1. The smallest absolute Gasteiger partial charge is 0.270 e. The number of hydrogen-bond acceptors (Lipinski definition) is 5. The molecule has 0 aliphatic rings. The Kier molecular flexibility index (Phi) is 5.97. The fraction of sp³-hybridized carbons (Fsp3) is 0.182. The zero-order chi connectivity index (χ0) is 19.9. The summed E-state index contributed by atoms with van der Waals surface area (Å²) in [6, 6.07) is 14.7. The summed E-state index contributed by atoms with van der Waals surface area (Å²) in [5.41, 5.74) is 1.13. The molecule has 0 saturated carbocycles. The van der Waals surface area contributed by atoms with Crippen molar-refractivity contribution < 1.29 is 19.0 Å². The van der Waals surface area contributed by atoms with Crippen LogP contribution in [0.5, 0.6) is 17.4 Å². The summed E-state index contributed by atoms with van der Waals surface area (Å²) in [6.07, 6.45) is 5.24. The SMILES string of the molecule is C#CCOc1cc(CNC(=O)c2cc3ccccc3c(OC)n2)ccc1OC. The van der Waals surface area contributed by atoms with Gasteiger partial charge in [0, 0.05) is 11.9 Å². The fourth-order valence-corrected chi connectivity index (χ4v) is 2.77. The summed E-state index contributed by atoms with van der Waals surface area (Å²) >= 11 is 0. The van der Waals surface area contributed by atoms with Crippen LogP contribution in [0.1, 0.15) is 16.1 Å². The summed E-state index contributed by atoms with van der Waals surface area (Å²) in [6.45, 7) is 0.430. The molecule has 0 aliphatic heterocycles. The van der Waals surface area contributed by atoms with Gasteiger partial charge in [-0.05, 0) is 35.2 Å². The predicted molar refractivity (Wildman–Crippen MR) is 107 cm³/mol. The maximum atomic E-state index is 12.6. The van der Waals surface area contributed by atoms with Crippen molar-refractivity contribution >= 4 is 16.7 Å². The molecular weight excluding hydrogens is 356 g/mol. The van der Waals surface area contributed by atoms with E-state index in [-0.39, 0.29) is 18.2 Å². The minimum atomic E-state index is -0.300. The van der Waals surface area contributed by atoms with E-state index in [1.54, 1.807) is 25.3 Å². The number of amides is 1. The average molecular weight is 376 g/mol. The van der Waals surface area contributed by atoms with Gasteiger partial charge >= 0.3 is 0 Å². The lowest BCUT2D eigenvalue weighted by molar-refractivity contribution is 0.0945. The topological polar surface area (TPSA) is 69.7 Å². The zero-order valence-corrected chi connectivity index (χ0v) is 15.7. The maximum Gasteiger partial charge on any atom is 0.270 e. The van der Waals surface area contributed by atoms with Gasteiger partial charge in [0.1, 0.15) is 12.3 Å². The summed E-state index contributed by atoms with van der Waals surface area (Å²) in [5.74, 6) is 3.63. The largest absolute Gasteiger partial charge is 0.493 e. The molecule has 0 aliphatic carbocycles. The predicted octanol–water partition coefficient (Wildman–Crippen LogP) is 3.19. The van der Waals surface area contributed by atoms with Crippen molar-refractivity contribution in [3.05, 3.63) is 59.8 Å². The molecule has 0 spiro atoms. The number of fused-ring (bicyclic) bond motifs is 1. The Labute approximate surface area is 163 Å². The number of ether oxygens (including phenoxy) is 3. The van der Waals surface area contributed by atoms with Crippen LogP contribution in [0.2, 0.25) is 0 Å². The van der Waals surface area contributed by atoms with Gasteiger partial charge in [0.2, 0.25) is 5.88 Å². The second-order valence-electron chi connectivity index (χ2n) is 5.90. The number of nitrogens with zero attached hydrogens (tertiary/aromatic N) is 1. The molecule has 0 atom stereocenters. The molecule has 2 aromatic carbocycles. The van der Waals surface area contributed by atoms with Crippen molar-refractivity contribution in [2.24, 2.45) is 0 Å². The van der Waals surface area contributed by atoms with E-state index in [1.165, 1.54) is 7.11 Å². The van der Waals surface area contributed by atoms with Crippen molar-refractivity contribution in [3.63, 3.8) is 0 Å². The van der Waals surface area contributed by atoms with Gasteiger partial charge in [-0.1, -0.05) is 30.2 Å². The number of hydrogen-bond donors (Lipinski definition) is 1. The first-order valence-corrected chi connectivity index (χ1v) is 8.61. The highest BCUT2D eigenvalue weighted by molar-refractivity contribution is 5.98. The highest BCUT2D eigenvalue weighted by Gasteiger charge is 2.13. The number of pyridine rings is 1. The average Bonchev–Trinajstić information content (AvgIpc) is 2.75. The van der Waals surface area contributed by atoms with Crippen molar-refractivity contribution in [2.45, 2.75) is 6.54 Å². The third-order valence-corrected chi connectivity index (χ3v) is 4.12. The van der Waals surface area contributed by atoms with Crippen LogP contribution in [-0.4, -0.2) is 31.7 Å². The van der Waals surface area contributed by atoms with Crippen LogP contribution in [-0.2, 0) is 6.54 Å². The van der Waals surface area contributed by atoms with Gasteiger partial charge in [0.25, 0.3) is 5.91 Å². The Morgan fingerprint density at radius 3 is 2.68 bits per heavy atom. The first-order valence-electron chi connectivity index (χ1n) is 8.61. The van der Waals surface area contributed by atoms with Crippen molar-refractivity contribution in [1.29, 1.82) is 0 Å². The molecule has 0 fully saturated rings. The van der Waals surface area contributed by atoms with E-state index in [2.05, 4.69) is 16.2 Å². The van der Waals surface area contributed by atoms with Gasteiger partial charge in [0.05, 0.1) is 14.2 Å². The monoisotopic (exact) mass is 376 g/mol. The Balaban J connectivity index is 1.77. The Morgan fingerprint density at radius 1 is 1.11 bits per heavy atom. The van der Waals surface area contributed by atoms with E-state index in [4.69, 9.17) is 20.6 Å². The molecule has 6 heteroatoms. The molecule has 28 heavy (non-hydrogen) atoms. The van der Waals surface area contributed by atoms with Gasteiger partial charge < -0.3 is 19.5 Å². The summed E-state index contributed by atoms with van der Waals surface area (Å²) < 4.78 is 16.1. The Hall–Kier alpha value is -3.72. The molecule has 0 unspecified atom stereocenters. The van der Waals surface area contributed by atoms with Crippen LogP contribution in [0.3, 0.4) is 0 Å². The van der Waals surface area contributed by atoms with Crippen LogP contribution in [0.4, 0.5) is 0 Å². The summed E-state index contributed by atoms with van der Waals surface area (Å²) in [7, 11) is 3.09. The van der Waals surface area contributed by atoms with Crippen molar-refractivity contribution in [3.8, 4) is 29.7 Å². The lowest BCUT2D eigenvalue weighted by Crippen LogP contribution is -2.24. The molecule has 1 N–H and O–H groups in total. The first-order chi connectivity index (χ1) is 13.7. The lowest BCUT2D eigenvalue weighted by Gasteiger charge is -2.12. The molecule has 1 aromatic heterocycles. The fourth-order valence-electron chi connectivity index (χ4n) is 2.77. The number of benzene rings is 2. The van der Waals surface area contributed by atoms with E-state index in [0.29, 0.717) is 23.9 Å². The Morgan fingerprint density at radius 2 is 1.93 bits per heavy atom. The molecule has 0 bridgehead atoms. The standard InChI is InChI=1S/C22H20N2O4/c1-4-11-28-20-12-15(9-10-19(20)26-2)14-23-21(25)18-13-16-7-5-6-8-17(16)22(24-18)27-3/h1,5-10,12-13H,11,14H2,2-3H3,(H,23,25). The minimum absolute atomic E-state index is 0.132. The third-order valence-electron chi connectivity index (χ3n) is 4.12. The second-order valence-corrected chi connectivity index (χ2v) is 5.90. The second kappa shape index (κ2) is 8.78. The summed E-state index contributed by atoms with van der Waals surface area (Å²) in [4.78, 5) is 16.9. The van der Waals surface area contributed by atoms with Gasteiger partial charge in [-0.2, -0.15) is 0 Å². The van der Waals surface area contributed by atoms with Crippen LogP contribution < -0.4 is 19.5 Å². The molecule has 1 amide bonds. The number of terminal acetylenes is 1. The number of carbonyl (C=O) groups is 1. The minimum Gasteiger partial charge on any atom is -0.493 e. The molecule has 3 rings (SSSR count). The first kappa shape index (κ1) is 19.1. The van der Waals surface area contributed by atoms with Gasteiger partial charge in [-0.15, -0.1) is 6.42 Å². The van der Waals surface area contributed by atoms with E-state index < -0.39 is 0 Å². The molecule has 0 radical (unpaired) electrons. The molecule has 0 saturated heterocycles. The number of nitrogens with one attached hydrogen (secondary N) is 1. The van der Waals surface area contributed by atoms with Crippen LogP contribution in [0, 0.1) is 12.3 Å². The van der Waals surface area contributed by atoms with Crippen molar-refractivity contribution in [1.82, 2.24) is 10.3 Å². The highest BCUT2D eigenvalue weighted by Crippen LogP contribution is 2.28. The van der Waals surface area contributed by atoms with E-state index in [9.17, 15) is 4.79 Å².